The van der Waals surface area contributed by atoms with Crippen molar-refractivity contribution < 1.29 is 13.2 Å². The highest BCUT2D eigenvalue weighted by Gasteiger charge is 2.18. The molecule has 0 saturated heterocycles. The number of nitrogens with one attached hydrogen (secondary N) is 1. The second kappa shape index (κ2) is 7.83. The number of primary sulfonamides is 1. The molecule has 0 aliphatic carbocycles. The molecular formula is C20H21N3O3S2. The predicted molar refractivity (Wildman–Crippen MR) is 112 cm³/mol. The number of aryl methyl sites for hydroxylation is 2. The Kier molecular flexibility index (Phi) is 5.64. The molecule has 0 unspecified atom stereocenters. The molecule has 8 heteroatoms. The highest BCUT2D eigenvalue weighted by molar-refractivity contribution is 7.89. The summed E-state index contributed by atoms with van der Waals surface area (Å²) < 4.78 is 23.6. The molecule has 1 amide bonds. The van der Waals surface area contributed by atoms with E-state index in [1.165, 1.54) is 23.0 Å². The van der Waals surface area contributed by atoms with E-state index < -0.39 is 15.9 Å². The minimum atomic E-state index is -3.92. The molecule has 0 fully saturated rings. The molecule has 1 aromatic heterocycles. The number of hydrogen-bond donors (Lipinski definition) is 2. The van der Waals surface area contributed by atoms with Crippen LogP contribution < -0.4 is 10.5 Å². The summed E-state index contributed by atoms with van der Waals surface area (Å²) in [6, 6.07) is 11.0. The number of carbonyl (C=O) groups excluding carboxylic acids is 1. The Morgan fingerprint density at radius 3 is 2.46 bits per heavy atom. The van der Waals surface area contributed by atoms with Gasteiger partial charge in [-0.05, 0) is 49.1 Å². The molecule has 0 aliphatic heterocycles. The maximum atomic E-state index is 12.6. The molecule has 0 atom stereocenters. The summed E-state index contributed by atoms with van der Waals surface area (Å²) >= 11 is 1.31. The number of amides is 1. The highest BCUT2D eigenvalue weighted by atomic mass is 32.2. The van der Waals surface area contributed by atoms with Gasteiger partial charge in [-0.1, -0.05) is 31.2 Å². The quantitative estimate of drug-likeness (QED) is 0.660. The number of anilines is 1. The van der Waals surface area contributed by atoms with Gasteiger partial charge in [-0.25, -0.2) is 18.5 Å². The highest BCUT2D eigenvalue weighted by Crippen LogP contribution is 2.26. The second-order valence-electron chi connectivity index (χ2n) is 6.50. The number of aromatic nitrogens is 1. The maximum absolute atomic E-state index is 12.6. The topological polar surface area (TPSA) is 102 Å². The number of benzene rings is 2. The average Bonchev–Trinajstić information content (AvgIpc) is 3.11. The van der Waals surface area contributed by atoms with Crippen molar-refractivity contribution >= 4 is 32.4 Å². The first kappa shape index (κ1) is 20.2. The summed E-state index contributed by atoms with van der Waals surface area (Å²) in [5.74, 6) is -0.435. The standard InChI is InChI=1S/C20H21N3O3S2/c1-4-14-5-7-15(8-6-14)17-11-27-20(22-17)23-19(24)16-9-12(2)13(3)18(10-16)28(21,25)26/h5-11H,4H2,1-3H3,(H2,21,25,26)(H,22,23,24). The fourth-order valence-corrected chi connectivity index (χ4v) is 4.39. The molecule has 3 rings (SSSR count). The van der Waals surface area contributed by atoms with Gasteiger partial charge in [0.15, 0.2) is 5.13 Å². The predicted octanol–water partition coefficient (Wildman–Crippen LogP) is 3.89. The van der Waals surface area contributed by atoms with Crippen molar-refractivity contribution in [1.29, 1.82) is 0 Å². The lowest BCUT2D eigenvalue weighted by Crippen LogP contribution is -2.17. The fraction of sp³-hybridized carbons (Fsp3) is 0.200. The van der Waals surface area contributed by atoms with Gasteiger partial charge >= 0.3 is 0 Å². The Morgan fingerprint density at radius 2 is 1.86 bits per heavy atom. The van der Waals surface area contributed by atoms with Gasteiger partial charge in [-0.3, -0.25) is 10.1 Å². The zero-order valence-electron chi connectivity index (χ0n) is 15.8. The van der Waals surface area contributed by atoms with Gasteiger partial charge in [0.05, 0.1) is 10.6 Å². The van der Waals surface area contributed by atoms with E-state index >= 15 is 0 Å². The van der Waals surface area contributed by atoms with Crippen LogP contribution >= 0.6 is 11.3 Å². The molecule has 0 bridgehead atoms. The maximum Gasteiger partial charge on any atom is 0.257 e. The summed E-state index contributed by atoms with van der Waals surface area (Å²) in [4.78, 5) is 17.0. The number of carbonyl (C=O) groups is 1. The van der Waals surface area contributed by atoms with Gasteiger partial charge in [0, 0.05) is 16.5 Å². The summed E-state index contributed by atoms with van der Waals surface area (Å²) in [6.07, 6.45) is 0.967. The van der Waals surface area contributed by atoms with Crippen LogP contribution in [0.2, 0.25) is 0 Å². The van der Waals surface area contributed by atoms with Crippen molar-refractivity contribution in [3.63, 3.8) is 0 Å². The number of hydrogen-bond acceptors (Lipinski definition) is 5. The average molecular weight is 416 g/mol. The van der Waals surface area contributed by atoms with Gasteiger partial charge in [0.1, 0.15) is 0 Å². The van der Waals surface area contributed by atoms with Crippen molar-refractivity contribution in [2.45, 2.75) is 32.1 Å². The van der Waals surface area contributed by atoms with Crippen molar-refractivity contribution in [1.82, 2.24) is 4.98 Å². The monoisotopic (exact) mass is 415 g/mol. The molecule has 0 saturated carbocycles. The molecule has 28 heavy (non-hydrogen) atoms. The second-order valence-corrected chi connectivity index (χ2v) is 8.89. The van der Waals surface area contributed by atoms with Gasteiger partial charge in [0.2, 0.25) is 10.0 Å². The first-order valence-corrected chi connectivity index (χ1v) is 11.1. The van der Waals surface area contributed by atoms with Crippen LogP contribution in [0.15, 0.2) is 46.7 Å². The minimum absolute atomic E-state index is 0.0477. The van der Waals surface area contributed by atoms with E-state index in [0.717, 1.165) is 17.7 Å². The van der Waals surface area contributed by atoms with Crippen LogP contribution in [0.4, 0.5) is 5.13 Å². The van der Waals surface area contributed by atoms with Crippen LogP contribution in [0.25, 0.3) is 11.3 Å². The zero-order valence-corrected chi connectivity index (χ0v) is 17.4. The Hall–Kier alpha value is -2.55. The van der Waals surface area contributed by atoms with E-state index in [9.17, 15) is 13.2 Å². The molecule has 2 aromatic carbocycles. The van der Waals surface area contributed by atoms with E-state index in [4.69, 9.17) is 5.14 Å². The van der Waals surface area contributed by atoms with E-state index in [-0.39, 0.29) is 10.5 Å². The first-order chi connectivity index (χ1) is 13.2. The van der Waals surface area contributed by atoms with Crippen molar-refractivity contribution in [2.75, 3.05) is 5.32 Å². The lowest BCUT2D eigenvalue weighted by atomic mass is 10.1. The number of thiazole rings is 1. The van der Waals surface area contributed by atoms with Crippen LogP contribution in [-0.2, 0) is 16.4 Å². The Labute approximate surface area is 168 Å². The van der Waals surface area contributed by atoms with Gasteiger partial charge < -0.3 is 0 Å². The Morgan fingerprint density at radius 1 is 1.18 bits per heavy atom. The lowest BCUT2D eigenvalue weighted by molar-refractivity contribution is 0.102. The van der Waals surface area contributed by atoms with Crippen LogP contribution in [0, 0.1) is 13.8 Å². The summed E-state index contributed by atoms with van der Waals surface area (Å²) in [6.45, 7) is 5.50. The Balaban J connectivity index is 1.84. The third-order valence-electron chi connectivity index (χ3n) is 4.57. The van der Waals surface area contributed by atoms with E-state index in [2.05, 4.69) is 29.4 Å². The molecule has 146 valence electrons. The third kappa shape index (κ3) is 4.30. The lowest BCUT2D eigenvalue weighted by Gasteiger charge is -2.10. The summed E-state index contributed by atoms with van der Waals surface area (Å²) in [5, 5.41) is 10.3. The molecule has 6 nitrogen and oxygen atoms in total. The zero-order chi connectivity index (χ0) is 20.5. The summed E-state index contributed by atoms with van der Waals surface area (Å²) in [5.41, 5.74) is 4.41. The third-order valence-corrected chi connectivity index (χ3v) is 6.37. The van der Waals surface area contributed by atoms with E-state index in [0.29, 0.717) is 16.3 Å². The number of rotatable bonds is 5. The van der Waals surface area contributed by atoms with Gasteiger partial charge in [-0.2, -0.15) is 0 Å². The van der Waals surface area contributed by atoms with Crippen LogP contribution in [-0.4, -0.2) is 19.3 Å². The smallest absolute Gasteiger partial charge is 0.257 e. The first-order valence-electron chi connectivity index (χ1n) is 8.69. The van der Waals surface area contributed by atoms with E-state index in [1.54, 1.807) is 19.9 Å². The molecular weight excluding hydrogens is 394 g/mol. The van der Waals surface area contributed by atoms with Crippen LogP contribution in [0.3, 0.4) is 0 Å². The van der Waals surface area contributed by atoms with Crippen molar-refractivity contribution in [2.24, 2.45) is 5.14 Å². The Bertz CT molecular complexity index is 1130. The summed E-state index contributed by atoms with van der Waals surface area (Å²) in [7, 11) is -3.92. The van der Waals surface area contributed by atoms with Crippen molar-refractivity contribution in [3.05, 3.63) is 64.0 Å². The van der Waals surface area contributed by atoms with Gasteiger partial charge in [-0.15, -0.1) is 11.3 Å². The molecule has 0 spiro atoms. The van der Waals surface area contributed by atoms with Gasteiger partial charge in [0.25, 0.3) is 5.91 Å². The normalized spacial score (nSPS) is 11.4. The van der Waals surface area contributed by atoms with Crippen LogP contribution in [0.5, 0.6) is 0 Å². The SMILES string of the molecule is CCc1ccc(-c2csc(NC(=O)c3cc(C)c(C)c(S(N)(=O)=O)c3)n2)cc1. The van der Waals surface area contributed by atoms with E-state index in [1.807, 2.05) is 17.5 Å². The number of nitrogens with zero attached hydrogens (tertiary/aromatic N) is 1. The fourth-order valence-electron chi connectivity index (χ4n) is 2.80. The molecule has 0 radical (unpaired) electrons. The van der Waals surface area contributed by atoms with Crippen LogP contribution in [0.1, 0.15) is 34.0 Å². The number of sulfonamides is 1. The molecule has 3 aromatic rings. The number of nitrogens with two attached hydrogens (primary N) is 1. The largest absolute Gasteiger partial charge is 0.298 e. The molecule has 1 heterocycles. The molecule has 3 N–H and O–H groups in total. The van der Waals surface area contributed by atoms with Crippen molar-refractivity contribution in [3.8, 4) is 11.3 Å². The minimum Gasteiger partial charge on any atom is -0.298 e. The molecule has 0 aliphatic rings.